The van der Waals surface area contributed by atoms with Gasteiger partial charge < -0.3 is 5.32 Å². The molecule has 3 heteroatoms. The van der Waals surface area contributed by atoms with Crippen molar-refractivity contribution in [3.05, 3.63) is 28.2 Å². The van der Waals surface area contributed by atoms with Gasteiger partial charge in [0.1, 0.15) is 0 Å². The summed E-state index contributed by atoms with van der Waals surface area (Å²) in [7, 11) is 0. The number of nitrogens with one attached hydrogen (secondary N) is 1. The highest BCUT2D eigenvalue weighted by Gasteiger charge is 2.52. The molecule has 1 aromatic rings. The summed E-state index contributed by atoms with van der Waals surface area (Å²) in [5, 5.41) is 3.85. The van der Waals surface area contributed by atoms with E-state index >= 15 is 0 Å². The molecule has 4 rings (SSSR count). The molecule has 3 aliphatic rings. The zero-order chi connectivity index (χ0) is 14.2. The van der Waals surface area contributed by atoms with Crippen molar-refractivity contribution < 1.29 is 0 Å². The maximum atomic E-state index is 3.85. The fourth-order valence-electron chi connectivity index (χ4n) is 3.84. The number of rotatable bonds is 1. The average molecular weight is 354 g/mol. The Morgan fingerprint density at radius 3 is 2.55 bits per heavy atom. The highest BCUT2D eigenvalue weighted by atomic mass is 79.9. The Morgan fingerprint density at radius 1 is 1.20 bits per heavy atom. The van der Waals surface area contributed by atoms with Crippen LogP contribution in [-0.2, 0) is 5.41 Å². The predicted molar refractivity (Wildman–Crippen MR) is 93.9 cm³/mol. The molecule has 110 valence electrons. The summed E-state index contributed by atoms with van der Waals surface area (Å²) >= 11 is 5.78. The third kappa shape index (κ3) is 2.41. The monoisotopic (exact) mass is 353 g/mol. The second kappa shape index (κ2) is 5.92. The Bertz CT molecular complexity index is 478. The van der Waals surface area contributed by atoms with Crippen LogP contribution in [0.4, 0.5) is 5.69 Å². The molecule has 2 aliphatic heterocycles. The highest BCUT2D eigenvalue weighted by molar-refractivity contribution is 9.10. The van der Waals surface area contributed by atoms with Crippen LogP contribution in [0.1, 0.15) is 45.1 Å². The molecule has 1 saturated heterocycles. The zero-order valence-corrected chi connectivity index (χ0v) is 14.8. The summed E-state index contributed by atoms with van der Waals surface area (Å²) in [6, 6.07) is 7.53. The smallest absolute Gasteiger partial charge is 0.0387 e. The molecule has 0 aromatic heterocycles. The van der Waals surface area contributed by atoms with Crippen LogP contribution in [0.25, 0.3) is 0 Å². The molecular formula is C17H24BrNS. The molecule has 0 bridgehead atoms. The molecule has 1 saturated carbocycles. The fraction of sp³-hybridized carbons (Fsp3) is 0.647. The Morgan fingerprint density at radius 2 is 1.90 bits per heavy atom. The van der Waals surface area contributed by atoms with Crippen molar-refractivity contribution in [3.8, 4) is 0 Å². The first kappa shape index (κ1) is 14.8. The summed E-state index contributed by atoms with van der Waals surface area (Å²) < 4.78 is 1.23. The molecule has 2 heterocycles. The van der Waals surface area contributed by atoms with Gasteiger partial charge in [-0.05, 0) is 66.9 Å². The molecule has 1 aromatic carbocycles. The minimum Gasteiger partial charge on any atom is -0.381 e. The van der Waals surface area contributed by atoms with Crippen LogP contribution in [-0.4, -0.2) is 17.5 Å². The van der Waals surface area contributed by atoms with E-state index in [4.69, 9.17) is 0 Å². The number of hydrogen-bond donors (Lipinski definition) is 1. The predicted octanol–water partition coefficient (Wildman–Crippen LogP) is 5.44. The molecule has 1 unspecified atom stereocenters. The molecule has 2 fully saturated rings. The maximum absolute atomic E-state index is 3.85. The minimum atomic E-state index is 0.436. The summed E-state index contributed by atoms with van der Waals surface area (Å²) in [4.78, 5) is 0. The first-order chi connectivity index (χ1) is 9.79. The Balaban J connectivity index is 0.000000581. The van der Waals surface area contributed by atoms with Crippen LogP contribution >= 0.6 is 27.7 Å². The second-order valence-electron chi connectivity index (χ2n) is 5.92. The van der Waals surface area contributed by atoms with Crippen molar-refractivity contribution in [2.45, 2.75) is 51.0 Å². The quantitative estimate of drug-likeness (QED) is 0.720. The van der Waals surface area contributed by atoms with E-state index in [9.17, 15) is 0 Å². The van der Waals surface area contributed by atoms with E-state index < -0.39 is 0 Å². The lowest BCUT2D eigenvalue weighted by molar-refractivity contribution is 0.329. The van der Waals surface area contributed by atoms with Crippen LogP contribution in [0.15, 0.2) is 22.7 Å². The first-order valence-electron chi connectivity index (χ1n) is 7.94. The minimum absolute atomic E-state index is 0.436. The number of halogens is 1. The molecule has 0 radical (unpaired) electrons. The summed E-state index contributed by atoms with van der Waals surface area (Å²) in [6.45, 7) is 4.00. The van der Waals surface area contributed by atoms with Gasteiger partial charge in [-0.1, -0.05) is 29.8 Å². The average Bonchev–Trinajstić information content (AvgIpc) is 3.29. The van der Waals surface area contributed by atoms with Gasteiger partial charge in [0, 0.05) is 21.6 Å². The largest absolute Gasteiger partial charge is 0.381 e. The standard InChI is InChI=1S/C15H18BrNS.C2H6/c16-11-3-4-13-12(9-11)15(5-7-18-8-6-15)14(17-13)10-1-2-10;1-2/h3-4,9-10,14,17H,1-2,5-8H2;1-2H3. The Kier molecular flexibility index (Phi) is 4.37. The molecule has 1 nitrogen and oxygen atoms in total. The molecule has 20 heavy (non-hydrogen) atoms. The maximum Gasteiger partial charge on any atom is 0.0387 e. The van der Waals surface area contributed by atoms with E-state index in [1.54, 1.807) is 5.56 Å². The number of anilines is 1. The van der Waals surface area contributed by atoms with Crippen LogP contribution in [0.5, 0.6) is 0 Å². The third-order valence-electron chi connectivity index (χ3n) is 4.90. The Hall–Kier alpha value is -0.150. The van der Waals surface area contributed by atoms with E-state index in [1.165, 1.54) is 47.3 Å². The van der Waals surface area contributed by atoms with Crippen molar-refractivity contribution in [1.82, 2.24) is 0 Å². The van der Waals surface area contributed by atoms with Gasteiger partial charge in [0.25, 0.3) is 0 Å². The number of hydrogen-bond acceptors (Lipinski definition) is 2. The van der Waals surface area contributed by atoms with Gasteiger partial charge in [-0.15, -0.1) is 0 Å². The first-order valence-corrected chi connectivity index (χ1v) is 9.89. The summed E-state index contributed by atoms with van der Waals surface area (Å²) in [5.74, 6) is 3.59. The lowest BCUT2D eigenvalue weighted by atomic mass is 9.70. The van der Waals surface area contributed by atoms with Crippen LogP contribution in [0, 0.1) is 5.92 Å². The van der Waals surface area contributed by atoms with E-state index in [-0.39, 0.29) is 0 Å². The number of benzene rings is 1. The van der Waals surface area contributed by atoms with Gasteiger partial charge >= 0.3 is 0 Å². The molecule has 0 amide bonds. The van der Waals surface area contributed by atoms with E-state index in [2.05, 4.69) is 51.2 Å². The van der Waals surface area contributed by atoms with Crippen molar-refractivity contribution in [2.24, 2.45) is 5.92 Å². The van der Waals surface area contributed by atoms with Crippen LogP contribution in [0.3, 0.4) is 0 Å². The molecular weight excluding hydrogens is 330 g/mol. The summed E-state index contributed by atoms with van der Waals surface area (Å²) in [5.41, 5.74) is 3.43. The highest BCUT2D eigenvalue weighted by Crippen LogP contribution is 2.55. The van der Waals surface area contributed by atoms with Crippen molar-refractivity contribution >= 4 is 33.4 Å². The molecule has 1 N–H and O–H groups in total. The van der Waals surface area contributed by atoms with Crippen molar-refractivity contribution in [1.29, 1.82) is 0 Å². The SMILES string of the molecule is Brc1ccc2c(c1)C1(CCSCC1)C(C1CC1)N2.CC. The fourth-order valence-corrected chi connectivity index (χ4v) is 5.42. The van der Waals surface area contributed by atoms with Gasteiger partial charge in [-0.3, -0.25) is 0 Å². The van der Waals surface area contributed by atoms with Crippen molar-refractivity contribution in [2.75, 3.05) is 16.8 Å². The van der Waals surface area contributed by atoms with Crippen LogP contribution in [0.2, 0.25) is 0 Å². The Labute approximate surface area is 135 Å². The van der Waals surface area contributed by atoms with Gasteiger partial charge in [0.15, 0.2) is 0 Å². The van der Waals surface area contributed by atoms with Gasteiger partial charge in [0.05, 0.1) is 0 Å². The topological polar surface area (TPSA) is 12.0 Å². The van der Waals surface area contributed by atoms with E-state index in [1.807, 2.05) is 13.8 Å². The normalized spacial score (nSPS) is 26.4. The molecule has 1 aliphatic carbocycles. The van der Waals surface area contributed by atoms with Gasteiger partial charge in [-0.25, -0.2) is 0 Å². The summed E-state index contributed by atoms with van der Waals surface area (Å²) in [6.07, 6.45) is 5.58. The van der Waals surface area contributed by atoms with Crippen molar-refractivity contribution in [3.63, 3.8) is 0 Å². The van der Waals surface area contributed by atoms with Crippen LogP contribution < -0.4 is 5.32 Å². The van der Waals surface area contributed by atoms with Gasteiger partial charge in [-0.2, -0.15) is 11.8 Å². The van der Waals surface area contributed by atoms with E-state index in [0.29, 0.717) is 11.5 Å². The second-order valence-corrected chi connectivity index (χ2v) is 8.06. The van der Waals surface area contributed by atoms with Gasteiger partial charge in [0.2, 0.25) is 0 Å². The van der Waals surface area contributed by atoms with E-state index in [0.717, 1.165) is 5.92 Å². The number of thioether (sulfide) groups is 1. The molecule has 1 spiro atoms. The lowest BCUT2D eigenvalue weighted by Crippen LogP contribution is -2.43. The lowest BCUT2D eigenvalue weighted by Gasteiger charge is -2.39. The molecule has 1 atom stereocenters. The number of fused-ring (bicyclic) bond motifs is 2. The zero-order valence-electron chi connectivity index (χ0n) is 12.4. The third-order valence-corrected chi connectivity index (χ3v) is 6.38.